The fraction of sp³-hybridized carbons (Fsp3) is 0.381. The third-order valence-corrected chi connectivity index (χ3v) is 5.91. The number of likely N-dealkylation sites (tertiary alicyclic amines) is 1. The van der Waals surface area contributed by atoms with Crippen LogP contribution in [0.4, 0.5) is 5.69 Å². The Morgan fingerprint density at radius 3 is 2.82 bits per heavy atom. The van der Waals surface area contributed by atoms with E-state index in [9.17, 15) is 4.79 Å². The van der Waals surface area contributed by atoms with Gasteiger partial charge in [-0.1, -0.05) is 41.9 Å². The number of benzene rings is 2. The second-order valence-electron chi connectivity index (χ2n) is 6.95. The van der Waals surface area contributed by atoms with Gasteiger partial charge in [0.2, 0.25) is 0 Å². The maximum Gasteiger partial charge on any atom is 0.314 e. The first-order chi connectivity index (χ1) is 13.6. The van der Waals surface area contributed by atoms with Crippen LogP contribution in [0.5, 0.6) is 0 Å². The zero-order chi connectivity index (χ0) is 19.9. The van der Waals surface area contributed by atoms with Crippen LogP contribution in [-0.4, -0.2) is 30.6 Å². The van der Waals surface area contributed by atoms with Crippen molar-refractivity contribution in [1.82, 2.24) is 4.90 Å². The molecule has 7 heteroatoms. The van der Waals surface area contributed by atoms with Gasteiger partial charge in [0.05, 0.1) is 13.0 Å². The summed E-state index contributed by atoms with van der Waals surface area (Å²) in [6, 6.07) is 15.8. The van der Waals surface area contributed by atoms with Crippen molar-refractivity contribution >= 4 is 34.2 Å². The Morgan fingerprint density at radius 1 is 1.32 bits per heavy atom. The van der Waals surface area contributed by atoms with Gasteiger partial charge >= 0.3 is 5.97 Å². The van der Waals surface area contributed by atoms with E-state index >= 15 is 0 Å². The molecule has 0 aromatic heterocycles. The van der Waals surface area contributed by atoms with Crippen LogP contribution < -0.4 is 0 Å². The van der Waals surface area contributed by atoms with Crippen LogP contribution in [0.3, 0.4) is 0 Å². The number of carbonyl (C=O) groups is 1. The minimum atomic E-state index is -0.317. The summed E-state index contributed by atoms with van der Waals surface area (Å²) in [5, 5.41) is 3.70. The van der Waals surface area contributed by atoms with E-state index in [4.69, 9.17) is 10.3 Å². The van der Waals surface area contributed by atoms with E-state index in [1.165, 1.54) is 7.11 Å². The average Bonchev–Trinajstić information content (AvgIpc) is 2.71. The molecule has 1 aliphatic heterocycles. The van der Waals surface area contributed by atoms with Crippen LogP contribution in [-0.2, 0) is 16.1 Å². The monoisotopic (exact) mass is 490 g/mol. The molecule has 2 aromatic carbocycles. The molecule has 146 valence electrons. The molecule has 0 radical (unpaired) electrons. The van der Waals surface area contributed by atoms with Crippen LogP contribution in [0, 0.1) is 3.57 Å². The third kappa shape index (κ3) is 5.04. The van der Waals surface area contributed by atoms with Gasteiger partial charge in [0.15, 0.2) is 0 Å². The Hall–Kier alpha value is -2.09. The summed E-state index contributed by atoms with van der Waals surface area (Å²) < 4.78 is 6.32. The molecule has 2 atom stereocenters. The number of rotatable bonds is 6. The normalized spacial score (nSPS) is 18.1. The van der Waals surface area contributed by atoms with Crippen molar-refractivity contribution in [2.45, 2.75) is 37.8 Å². The number of carbonyl (C=O) groups excluding carboxylic acids is 1. The number of hydrogen-bond acceptors (Lipinski definition) is 4. The molecule has 0 N–H and O–H groups in total. The van der Waals surface area contributed by atoms with Crippen molar-refractivity contribution < 1.29 is 9.53 Å². The van der Waals surface area contributed by atoms with Crippen molar-refractivity contribution in [3.8, 4) is 0 Å². The lowest BCUT2D eigenvalue weighted by Crippen LogP contribution is -2.45. The van der Waals surface area contributed by atoms with Gasteiger partial charge in [0, 0.05) is 26.8 Å². The number of halogens is 1. The smallest absolute Gasteiger partial charge is 0.314 e. The van der Waals surface area contributed by atoms with E-state index in [0.29, 0.717) is 12.2 Å². The van der Waals surface area contributed by atoms with Crippen LogP contribution in [0.2, 0.25) is 0 Å². The number of piperidine rings is 1. The summed E-state index contributed by atoms with van der Waals surface area (Å²) >= 11 is 2.27. The van der Waals surface area contributed by atoms with Gasteiger partial charge in [-0.3, -0.25) is 9.69 Å². The lowest BCUT2D eigenvalue weighted by molar-refractivity contribution is -0.144. The van der Waals surface area contributed by atoms with Crippen LogP contribution in [0.25, 0.3) is 10.4 Å². The summed E-state index contributed by atoms with van der Waals surface area (Å²) in [6.45, 7) is 1.63. The molecule has 1 heterocycles. The highest BCUT2D eigenvalue weighted by Gasteiger charge is 2.36. The van der Waals surface area contributed by atoms with E-state index in [0.717, 1.165) is 40.5 Å². The highest BCUT2D eigenvalue weighted by atomic mass is 127. The lowest BCUT2D eigenvalue weighted by Gasteiger charge is -2.39. The molecule has 2 aromatic rings. The van der Waals surface area contributed by atoms with E-state index in [-0.39, 0.29) is 17.9 Å². The quantitative estimate of drug-likeness (QED) is 0.175. The number of esters is 1. The van der Waals surface area contributed by atoms with E-state index < -0.39 is 0 Å². The second-order valence-corrected chi connectivity index (χ2v) is 8.19. The molecule has 3 rings (SSSR count). The number of nitrogens with zero attached hydrogens (tertiary/aromatic N) is 4. The molecule has 1 fully saturated rings. The maximum absolute atomic E-state index is 12.7. The van der Waals surface area contributed by atoms with Crippen molar-refractivity contribution in [2.75, 3.05) is 13.7 Å². The van der Waals surface area contributed by atoms with Crippen molar-refractivity contribution in [2.24, 2.45) is 5.11 Å². The van der Waals surface area contributed by atoms with E-state index in [2.05, 4.69) is 37.5 Å². The first-order valence-corrected chi connectivity index (χ1v) is 10.4. The topological polar surface area (TPSA) is 78.3 Å². The molecule has 1 aliphatic rings. The molecule has 0 bridgehead atoms. The molecule has 0 unspecified atom stereocenters. The molecule has 6 nitrogen and oxygen atoms in total. The SMILES string of the molecule is COC(=O)[C@H](c1ccc(I)cc1)[C@H]1CCCCN1Cc1cccc(N=[N+]=[N-])c1. The fourth-order valence-electron chi connectivity index (χ4n) is 3.91. The molecular formula is C21H23IN4O2. The van der Waals surface area contributed by atoms with E-state index in [1.807, 2.05) is 42.5 Å². The third-order valence-electron chi connectivity index (χ3n) is 5.19. The summed E-state index contributed by atoms with van der Waals surface area (Å²) in [5.74, 6) is -0.511. The molecule has 28 heavy (non-hydrogen) atoms. The van der Waals surface area contributed by atoms with Gasteiger partial charge in [0.1, 0.15) is 0 Å². The number of ether oxygens (including phenoxy) is 1. The molecule has 0 amide bonds. The number of methoxy groups -OCH3 is 1. The highest BCUT2D eigenvalue weighted by Crippen LogP contribution is 2.33. The standard InChI is InChI=1S/C21H23IN4O2/c1-28-21(27)20(16-8-10-17(22)11-9-16)19-7-2-3-12-26(19)14-15-5-4-6-18(13-15)24-25-23/h4-6,8-11,13,19-20H,2-3,7,12,14H2,1H3/t19-,20-/m1/s1. The minimum Gasteiger partial charge on any atom is -0.469 e. The molecule has 0 aliphatic carbocycles. The minimum absolute atomic E-state index is 0.0735. The summed E-state index contributed by atoms with van der Waals surface area (Å²) in [5.41, 5.74) is 11.3. The van der Waals surface area contributed by atoms with E-state index in [1.54, 1.807) is 6.07 Å². The predicted octanol–water partition coefficient (Wildman–Crippen LogP) is 5.54. The van der Waals surface area contributed by atoms with Gasteiger partial charge in [-0.2, -0.15) is 0 Å². The van der Waals surface area contributed by atoms with Crippen LogP contribution >= 0.6 is 22.6 Å². The summed E-state index contributed by atoms with van der Waals surface area (Å²) in [7, 11) is 1.46. The van der Waals surface area contributed by atoms with Crippen molar-refractivity contribution in [3.63, 3.8) is 0 Å². The van der Waals surface area contributed by atoms with Gasteiger partial charge in [0.25, 0.3) is 0 Å². The zero-order valence-electron chi connectivity index (χ0n) is 15.8. The van der Waals surface area contributed by atoms with Crippen molar-refractivity contribution in [1.29, 1.82) is 0 Å². The zero-order valence-corrected chi connectivity index (χ0v) is 17.9. The van der Waals surface area contributed by atoms with Crippen molar-refractivity contribution in [3.05, 3.63) is 73.7 Å². The molecular weight excluding hydrogens is 467 g/mol. The summed E-state index contributed by atoms with van der Waals surface area (Å²) in [4.78, 5) is 18.0. The first kappa shape index (κ1) is 20.6. The highest BCUT2D eigenvalue weighted by molar-refractivity contribution is 14.1. The molecule has 1 saturated heterocycles. The predicted molar refractivity (Wildman–Crippen MR) is 117 cm³/mol. The Balaban J connectivity index is 1.89. The van der Waals surface area contributed by atoms with Crippen LogP contribution in [0.15, 0.2) is 53.6 Å². The van der Waals surface area contributed by atoms with Gasteiger partial charge in [-0.15, -0.1) is 0 Å². The van der Waals surface area contributed by atoms with Crippen LogP contribution in [0.1, 0.15) is 36.3 Å². The second kappa shape index (κ2) is 9.91. The molecule has 0 saturated carbocycles. The maximum atomic E-state index is 12.7. The first-order valence-electron chi connectivity index (χ1n) is 9.33. The fourth-order valence-corrected chi connectivity index (χ4v) is 4.27. The summed E-state index contributed by atoms with van der Waals surface area (Å²) in [6.07, 6.45) is 3.15. The Morgan fingerprint density at radius 2 is 2.11 bits per heavy atom. The Bertz CT molecular complexity index is 865. The van der Waals surface area contributed by atoms with Gasteiger partial charge in [-0.25, -0.2) is 0 Å². The Labute approximate surface area is 178 Å². The number of hydrogen-bond donors (Lipinski definition) is 0. The lowest BCUT2D eigenvalue weighted by atomic mass is 9.85. The average molecular weight is 490 g/mol. The Kier molecular flexibility index (Phi) is 7.30. The number of azide groups is 1. The van der Waals surface area contributed by atoms with Gasteiger partial charge in [-0.05, 0) is 76.8 Å². The van der Waals surface area contributed by atoms with Gasteiger partial charge < -0.3 is 4.74 Å². The largest absolute Gasteiger partial charge is 0.469 e. The molecule has 0 spiro atoms.